The summed E-state index contributed by atoms with van der Waals surface area (Å²) in [4.78, 5) is 19.8. The topological polar surface area (TPSA) is 68.7 Å². The van der Waals surface area contributed by atoms with Crippen molar-refractivity contribution in [3.05, 3.63) is 24.5 Å². The van der Waals surface area contributed by atoms with Gasteiger partial charge in [0.05, 0.1) is 6.61 Å². The second-order valence-corrected chi connectivity index (χ2v) is 4.22. The van der Waals surface area contributed by atoms with Crippen LogP contribution >= 0.6 is 0 Å². The normalized spacial score (nSPS) is 16.6. The van der Waals surface area contributed by atoms with Gasteiger partial charge < -0.3 is 15.3 Å². The summed E-state index contributed by atoms with van der Waals surface area (Å²) in [6.45, 7) is 3.85. The molecule has 2 N–H and O–H groups in total. The van der Waals surface area contributed by atoms with E-state index >= 15 is 0 Å². The number of carbonyl (C=O) groups excluding carboxylic acids is 1. The molecular formula is C12H18N4O2. The van der Waals surface area contributed by atoms with Gasteiger partial charge in [-0.3, -0.25) is 9.88 Å². The first-order chi connectivity index (χ1) is 8.79. The maximum atomic E-state index is 12.0. The van der Waals surface area contributed by atoms with Crippen molar-refractivity contribution in [1.29, 1.82) is 0 Å². The van der Waals surface area contributed by atoms with Crippen molar-refractivity contribution in [3.8, 4) is 0 Å². The van der Waals surface area contributed by atoms with Crippen LogP contribution in [0.2, 0.25) is 0 Å². The number of rotatable bonds is 3. The molecule has 2 rings (SSSR count). The summed E-state index contributed by atoms with van der Waals surface area (Å²) in [7, 11) is 0. The van der Waals surface area contributed by atoms with Crippen molar-refractivity contribution >= 4 is 11.7 Å². The van der Waals surface area contributed by atoms with Gasteiger partial charge in [0, 0.05) is 50.8 Å². The Morgan fingerprint density at radius 1 is 1.28 bits per heavy atom. The zero-order valence-electron chi connectivity index (χ0n) is 10.2. The Morgan fingerprint density at radius 2 is 1.94 bits per heavy atom. The van der Waals surface area contributed by atoms with Crippen LogP contribution < -0.4 is 5.32 Å². The molecule has 0 spiro atoms. The summed E-state index contributed by atoms with van der Waals surface area (Å²) in [5.74, 6) is 0. The van der Waals surface area contributed by atoms with Crippen LogP contribution in [-0.4, -0.2) is 65.3 Å². The van der Waals surface area contributed by atoms with Gasteiger partial charge in [-0.2, -0.15) is 0 Å². The van der Waals surface area contributed by atoms with Crippen LogP contribution in [0.5, 0.6) is 0 Å². The first-order valence-electron chi connectivity index (χ1n) is 6.09. The van der Waals surface area contributed by atoms with E-state index in [1.165, 1.54) is 0 Å². The molecule has 0 bridgehead atoms. The number of anilines is 1. The lowest BCUT2D eigenvalue weighted by atomic mass is 10.3. The highest BCUT2D eigenvalue weighted by molar-refractivity contribution is 5.89. The molecule has 1 aromatic rings. The molecular weight excluding hydrogens is 232 g/mol. The number of aliphatic hydroxyl groups excluding tert-OH is 1. The Morgan fingerprint density at radius 3 is 2.56 bits per heavy atom. The minimum absolute atomic E-state index is 0.0788. The summed E-state index contributed by atoms with van der Waals surface area (Å²) in [5, 5.41) is 11.7. The SMILES string of the molecule is O=C(Nc1ccncc1)N1CCN(CCO)CC1. The van der Waals surface area contributed by atoms with Gasteiger partial charge in [-0.25, -0.2) is 4.79 Å². The highest BCUT2D eigenvalue weighted by Crippen LogP contribution is 2.07. The summed E-state index contributed by atoms with van der Waals surface area (Å²) in [6.07, 6.45) is 3.30. The Labute approximate surface area is 106 Å². The molecule has 6 heteroatoms. The van der Waals surface area contributed by atoms with Crippen molar-refractivity contribution in [2.75, 3.05) is 44.6 Å². The van der Waals surface area contributed by atoms with Crippen LogP contribution in [0.25, 0.3) is 0 Å². The third kappa shape index (κ3) is 3.41. The van der Waals surface area contributed by atoms with E-state index in [0.29, 0.717) is 19.6 Å². The van der Waals surface area contributed by atoms with Crippen LogP contribution in [0.1, 0.15) is 0 Å². The van der Waals surface area contributed by atoms with Crippen molar-refractivity contribution < 1.29 is 9.90 Å². The lowest BCUT2D eigenvalue weighted by Crippen LogP contribution is -2.50. The third-order valence-corrected chi connectivity index (χ3v) is 3.01. The molecule has 2 amide bonds. The van der Waals surface area contributed by atoms with Gasteiger partial charge in [0.1, 0.15) is 0 Å². The monoisotopic (exact) mass is 250 g/mol. The Bertz CT molecular complexity index is 377. The number of amides is 2. The zero-order valence-corrected chi connectivity index (χ0v) is 10.2. The standard InChI is InChI=1S/C12H18N4O2/c17-10-9-15-5-7-16(8-6-15)12(18)14-11-1-3-13-4-2-11/h1-4,17H,5-10H2,(H,13,14,18). The molecule has 1 aliphatic rings. The Kier molecular flexibility index (Phi) is 4.49. The summed E-state index contributed by atoms with van der Waals surface area (Å²) < 4.78 is 0. The zero-order chi connectivity index (χ0) is 12.8. The summed E-state index contributed by atoms with van der Waals surface area (Å²) in [5.41, 5.74) is 0.757. The third-order valence-electron chi connectivity index (χ3n) is 3.01. The fourth-order valence-corrected chi connectivity index (χ4v) is 1.95. The van der Waals surface area contributed by atoms with E-state index in [9.17, 15) is 4.79 Å². The molecule has 0 aromatic carbocycles. The quantitative estimate of drug-likeness (QED) is 0.805. The fraction of sp³-hybridized carbons (Fsp3) is 0.500. The van der Waals surface area contributed by atoms with Gasteiger partial charge in [-0.1, -0.05) is 0 Å². The molecule has 0 saturated carbocycles. The number of nitrogens with one attached hydrogen (secondary N) is 1. The number of piperazine rings is 1. The van der Waals surface area contributed by atoms with Crippen LogP contribution in [-0.2, 0) is 0 Å². The molecule has 0 unspecified atom stereocenters. The molecule has 1 aromatic heterocycles. The fourth-order valence-electron chi connectivity index (χ4n) is 1.95. The van der Waals surface area contributed by atoms with Crippen LogP contribution in [0.15, 0.2) is 24.5 Å². The molecule has 2 heterocycles. The first kappa shape index (κ1) is 12.8. The van der Waals surface area contributed by atoms with Crippen LogP contribution in [0.4, 0.5) is 10.5 Å². The predicted molar refractivity (Wildman–Crippen MR) is 68.4 cm³/mol. The maximum absolute atomic E-state index is 12.0. The van der Waals surface area contributed by atoms with E-state index in [0.717, 1.165) is 18.8 Å². The van der Waals surface area contributed by atoms with Crippen molar-refractivity contribution in [2.45, 2.75) is 0 Å². The molecule has 18 heavy (non-hydrogen) atoms. The maximum Gasteiger partial charge on any atom is 0.321 e. The molecule has 1 fully saturated rings. The molecule has 0 atom stereocenters. The van der Waals surface area contributed by atoms with E-state index in [-0.39, 0.29) is 12.6 Å². The molecule has 98 valence electrons. The average Bonchev–Trinajstić information content (AvgIpc) is 2.41. The van der Waals surface area contributed by atoms with Gasteiger partial charge >= 0.3 is 6.03 Å². The lowest BCUT2D eigenvalue weighted by molar-refractivity contribution is 0.127. The van der Waals surface area contributed by atoms with E-state index in [2.05, 4.69) is 15.2 Å². The van der Waals surface area contributed by atoms with Crippen LogP contribution in [0, 0.1) is 0 Å². The highest BCUT2D eigenvalue weighted by Gasteiger charge is 2.20. The second kappa shape index (κ2) is 6.32. The van der Waals surface area contributed by atoms with Crippen molar-refractivity contribution in [2.24, 2.45) is 0 Å². The largest absolute Gasteiger partial charge is 0.395 e. The van der Waals surface area contributed by atoms with Crippen LogP contribution in [0.3, 0.4) is 0 Å². The number of nitrogens with zero attached hydrogens (tertiary/aromatic N) is 3. The highest BCUT2D eigenvalue weighted by atomic mass is 16.3. The summed E-state index contributed by atoms with van der Waals surface area (Å²) in [6, 6.07) is 3.45. The Hall–Kier alpha value is -1.66. The molecule has 1 aliphatic heterocycles. The average molecular weight is 250 g/mol. The van der Waals surface area contributed by atoms with Crippen molar-refractivity contribution in [3.63, 3.8) is 0 Å². The van der Waals surface area contributed by atoms with E-state index < -0.39 is 0 Å². The number of pyridine rings is 1. The number of urea groups is 1. The van der Waals surface area contributed by atoms with Crippen molar-refractivity contribution in [1.82, 2.24) is 14.8 Å². The molecule has 6 nitrogen and oxygen atoms in total. The van der Waals surface area contributed by atoms with Gasteiger partial charge in [-0.05, 0) is 12.1 Å². The smallest absolute Gasteiger partial charge is 0.321 e. The molecule has 0 radical (unpaired) electrons. The summed E-state index contributed by atoms with van der Waals surface area (Å²) >= 11 is 0. The number of β-amino-alcohol motifs (C(OH)–C–C–N with tert-alkyl or cyclic N) is 1. The number of aromatic nitrogens is 1. The van der Waals surface area contributed by atoms with Gasteiger partial charge in [0.25, 0.3) is 0 Å². The first-order valence-corrected chi connectivity index (χ1v) is 6.09. The van der Waals surface area contributed by atoms with E-state index in [1.54, 1.807) is 29.4 Å². The van der Waals surface area contributed by atoms with Gasteiger partial charge in [-0.15, -0.1) is 0 Å². The minimum atomic E-state index is -0.0788. The number of aliphatic hydroxyl groups is 1. The van der Waals surface area contributed by atoms with E-state index in [4.69, 9.17) is 5.11 Å². The predicted octanol–water partition coefficient (Wildman–Crippen LogP) is 0.223. The van der Waals surface area contributed by atoms with Gasteiger partial charge in [0.15, 0.2) is 0 Å². The molecule has 0 aliphatic carbocycles. The minimum Gasteiger partial charge on any atom is -0.395 e. The Balaban J connectivity index is 1.81. The van der Waals surface area contributed by atoms with Gasteiger partial charge in [0.2, 0.25) is 0 Å². The lowest BCUT2D eigenvalue weighted by Gasteiger charge is -2.34. The number of hydrogen-bond acceptors (Lipinski definition) is 4. The second-order valence-electron chi connectivity index (χ2n) is 4.22. The van der Waals surface area contributed by atoms with E-state index in [1.807, 2.05) is 0 Å². The number of carbonyl (C=O) groups is 1. The number of hydrogen-bond donors (Lipinski definition) is 2. The molecule has 1 saturated heterocycles.